The lowest BCUT2D eigenvalue weighted by Crippen LogP contribution is -2.12. The number of rotatable bonds is 4. The summed E-state index contributed by atoms with van der Waals surface area (Å²) in [6, 6.07) is 14.3. The number of nitrogens with zero attached hydrogens (tertiary/aromatic N) is 2. The predicted octanol–water partition coefficient (Wildman–Crippen LogP) is 2.99. The molecule has 2 heterocycles. The lowest BCUT2D eigenvalue weighted by molar-refractivity contribution is 0.102. The second kappa shape index (κ2) is 6.78. The van der Waals surface area contributed by atoms with Crippen LogP contribution < -0.4 is 15.8 Å². The van der Waals surface area contributed by atoms with E-state index in [2.05, 4.69) is 15.3 Å². The van der Waals surface area contributed by atoms with E-state index in [1.54, 1.807) is 37.6 Å². The molecule has 3 aromatic rings. The zero-order chi connectivity index (χ0) is 16.9. The molecule has 0 radical (unpaired) electrons. The third kappa shape index (κ3) is 3.33. The van der Waals surface area contributed by atoms with E-state index in [0.717, 1.165) is 5.56 Å². The molecule has 1 amide bonds. The zero-order valence-corrected chi connectivity index (χ0v) is 13.1. The molecular weight excluding hydrogens is 304 g/mol. The Kier molecular flexibility index (Phi) is 4.38. The Morgan fingerprint density at radius 1 is 1.08 bits per heavy atom. The van der Waals surface area contributed by atoms with Crippen molar-refractivity contribution in [1.82, 2.24) is 9.97 Å². The van der Waals surface area contributed by atoms with Gasteiger partial charge in [-0.1, -0.05) is 18.2 Å². The average molecular weight is 320 g/mol. The molecule has 24 heavy (non-hydrogen) atoms. The van der Waals surface area contributed by atoms with E-state index in [9.17, 15) is 4.79 Å². The first-order chi connectivity index (χ1) is 11.7. The van der Waals surface area contributed by atoms with Gasteiger partial charge in [-0.25, -0.2) is 9.97 Å². The number of anilines is 2. The number of benzene rings is 1. The van der Waals surface area contributed by atoms with Crippen molar-refractivity contribution in [2.45, 2.75) is 0 Å². The van der Waals surface area contributed by atoms with Gasteiger partial charge in [-0.2, -0.15) is 0 Å². The minimum atomic E-state index is -0.207. The van der Waals surface area contributed by atoms with Gasteiger partial charge < -0.3 is 15.8 Å². The second-order valence-corrected chi connectivity index (χ2v) is 5.07. The maximum absolute atomic E-state index is 12.2. The van der Waals surface area contributed by atoms with Crippen LogP contribution >= 0.6 is 0 Å². The van der Waals surface area contributed by atoms with E-state index in [4.69, 9.17) is 10.5 Å². The first-order valence-electron chi connectivity index (χ1n) is 7.29. The van der Waals surface area contributed by atoms with Crippen molar-refractivity contribution in [2.75, 3.05) is 18.2 Å². The van der Waals surface area contributed by atoms with Crippen molar-refractivity contribution in [3.63, 3.8) is 0 Å². The number of nitrogens with one attached hydrogen (secondary N) is 1. The molecule has 0 bridgehead atoms. The minimum absolute atomic E-state index is 0.207. The summed E-state index contributed by atoms with van der Waals surface area (Å²) >= 11 is 0. The van der Waals surface area contributed by atoms with Crippen LogP contribution in [0.4, 0.5) is 11.5 Å². The highest BCUT2D eigenvalue weighted by atomic mass is 16.5. The van der Waals surface area contributed by atoms with Crippen LogP contribution in [-0.4, -0.2) is 23.0 Å². The highest BCUT2D eigenvalue weighted by Crippen LogP contribution is 2.27. The predicted molar refractivity (Wildman–Crippen MR) is 92.8 cm³/mol. The molecule has 0 saturated heterocycles. The Morgan fingerprint density at radius 2 is 1.88 bits per heavy atom. The van der Waals surface area contributed by atoms with Gasteiger partial charge in [0.1, 0.15) is 5.82 Å². The maximum atomic E-state index is 12.2. The number of ether oxygens (including phenoxy) is 1. The summed E-state index contributed by atoms with van der Waals surface area (Å²) < 4.78 is 5.05. The van der Waals surface area contributed by atoms with Crippen LogP contribution in [0, 0.1) is 0 Å². The molecule has 6 heteroatoms. The molecule has 0 aliphatic carbocycles. The second-order valence-electron chi connectivity index (χ2n) is 5.07. The zero-order valence-electron chi connectivity index (χ0n) is 13.1. The Hall–Kier alpha value is -3.41. The van der Waals surface area contributed by atoms with Crippen molar-refractivity contribution in [3.8, 4) is 17.0 Å². The molecule has 1 aromatic carbocycles. The van der Waals surface area contributed by atoms with Crippen LogP contribution in [0.1, 0.15) is 10.4 Å². The summed E-state index contributed by atoms with van der Waals surface area (Å²) in [5, 5.41) is 2.82. The molecule has 0 atom stereocenters. The van der Waals surface area contributed by atoms with E-state index < -0.39 is 0 Å². The van der Waals surface area contributed by atoms with Crippen molar-refractivity contribution >= 4 is 17.4 Å². The van der Waals surface area contributed by atoms with Gasteiger partial charge in [-0.3, -0.25) is 4.79 Å². The number of hydrogen-bond donors (Lipinski definition) is 2. The summed E-state index contributed by atoms with van der Waals surface area (Å²) in [4.78, 5) is 20.5. The van der Waals surface area contributed by atoms with Crippen molar-refractivity contribution in [3.05, 3.63) is 66.5 Å². The molecule has 6 nitrogen and oxygen atoms in total. The maximum Gasteiger partial charge on any atom is 0.255 e. The molecule has 2 aromatic heterocycles. The first-order valence-corrected chi connectivity index (χ1v) is 7.29. The standard InChI is InChI=1S/C18H16N4O2/c1-24-16-8-7-13(10-20-16)15-9-14(11-21-17(15)19)22-18(23)12-5-3-2-4-6-12/h2-11H,1H3,(H2,19,21)(H,22,23). The van der Waals surface area contributed by atoms with E-state index in [1.165, 1.54) is 6.20 Å². The number of carbonyl (C=O) groups is 1. The summed E-state index contributed by atoms with van der Waals surface area (Å²) in [6.07, 6.45) is 3.17. The van der Waals surface area contributed by atoms with Crippen LogP contribution in [0.25, 0.3) is 11.1 Å². The van der Waals surface area contributed by atoms with Gasteiger partial charge in [-0.05, 0) is 24.3 Å². The van der Waals surface area contributed by atoms with Gasteiger partial charge in [0.2, 0.25) is 5.88 Å². The molecule has 0 spiro atoms. The van der Waals surface area contributed by atoms with E-state index >= 15 is 0 Å². The normalized spacial score (nSPS) is 10.2. The van der Waals surface area contributed by atoms with E-state index in [-0.39, 0.29) is 5.91 Å². The van der Waals surface area contributed by atoms with Crippen LogP contribution in [0.5, 0.6) is 5.88 Å². The van der Waals surface area contributed by atoms with Crippen LogP contribution in [0.15, 0.2) is 60.9 Å². The van der Waals surface area contributed by atoms with Crippen molar-refractivity contribution in [2.24, 2.45) is 0 Å². The van der Waals surface area contributed by atoms with E-state index in [0.29, 0.717) is 28.5 Å². The van der Waals surface area contributed by atoms with Gasteiger partial charge in [-0.15, -0.1) is 0 Å². The molecular formula is C18H16N4O2. The third-order valence-electron chi connectivity index (χ3n) is 3.47. The smallest absolute Gasteiger partial charge is 0.255 e. The van der Waals surface area contributed by atoms with Crippen LogP contribution in [-0.2, 0) is 0 Å². The monoisotopic (exact) mass is 320 g/mol. The number of hydrogen-bond acceptors (Lipinski definition) is 5. The van der Waals surface area contributed by atoms with Crippen LogP contribution in [0.2, 0.25) is 0 Å². The molecule has 0 fully saturated rings. The van der Waals surface area contributed by atoms with Crippen molar-refractivity contribution < 1.29 is 9.53 Å². The number of nitrogen functional groups attached to an aromatic ring is 1. The molecule has 3 rings (SSSR count). The lowest BCUT2D eigenvalue weighted by atomic mass is 10.1. The average Bonchev–Trinajstić information content (AvgIpc) is 2.64. The fourth-order valence-electron chi connectivity index (χ4n) is 2.23. The molecule has 3 N–H and O–H groups in total. The van der Waals surface area contributed by atoms with Gasteiger partial charge in [0.05, 0.1) is 19.0 Å². The number of amides is 1. The van der Waals surface area contributed by atoms with Gasteiger partial charge in [0.25, 0.3) is 5.91 Å². The summed E-state index contributed by atoms with van der Waals surface area (Å²) in [7, 11) is 1.55. The fraction of sp³-hybridized carbons (Fsp3) is 0.0556. The summed E-state index contributed by atoms with van der Waals surface area (Å²) in [5.41, 5.74) is 8.56. The molecule has 120 valence electrons. The summed E-state index contributed by atoms with van der Waals surface area (Å²) in [6.45, 7) is 0. The van der Waals surface area contributed by atoms with Gasteiger partial charge >= 0.3 is 0 Å². The summed E-state index contributed by atoms with van der Waals surface area (Å²) in [5.74, 6) is 0.666. The minimum Gasteiger partial charge on any atom is -0.481 e. The van der Waals surface area contributed by atoms with Crippen molar-refractivity contribution in [1.29, 1.82) is 0 Å². The molecule has 0 aliphatic heterocycles. The van der Waals surface area contributed by atoms with Gasteiger partial charge in [0, 0.05) is 29.0 Å². The van der Waals surface area contributed by atoms with E-state index in [1.807, 2.05) is 24.3 Å². The quantitative estimate of drug-likeness (QED) is 0.771. The largest absolute Gasteiger partial charge is 0.481 e. The first kappa shape index (κ1) is 15.5. The Labute approximate surface area is 139 Å². The Balaban J connectivity index is 1.87. The SMILES string of the molecule is COc1ccc(-c2cc(NC(=O)c3ccccc3)cnc2N)cn1. The Bertz CT molecular complexity index is 849. The number of pyridine rings is 2. The number of carbonyl (C=O) groups excluding carboxylic acids is 1. The lowest BCUT2D eigenvalue weighted by Gasteiger charge is -2.10. The van der Waals surface area contributed by atoms with Crippen LogP contribution in [0.3, 0.4) is 0 Å². The highest BCUT2D eigenvalue weighted by Gasteiger charge is 2.10. The number of nitrogens with two attached hydrogens (primary N) is 1. The molecule has 0 unspecified atom stereocenters. The molecule has 0 saturated carbocycles. The topological polar surface area (TPSA) is 90.1 Å². The fourth-order valence-corrected chi connectivity index (χ4v) is 2.23. The number of methoxy groups -OCH3 is 1. The number of aromatic nitrogens is 2. The highest BCUT2D eigenvalue weighted by molar-refractivity contribution is 6.04. The third-order valence-corrected chi connectivity index (χ3v) is 3.47. The van der Waals surface area contributed by atoms with Gasteiger partial charge in [0.15, 0.2) is 0 Å². The Morgan fingerprint density at radius 3 is 2.54 bits per heavy atom. The molecule has 0 aliphatic rings.